The second-order valence-corrected chi connectivity index (χ2v) is 9.65. The van der Waals surface area contributed by atoms with Crippen molar-refractivity contribution in [1.82, 2.24) is 31.4 Å². The van der Waals surface area contributed by atoms with Crippen LogP contribution in [0.1, 0.15) is 84.5 Å². The predicted molar refractivity (Wildman–Crippen MR) is 146 cm³/mol. The lowest BCUT2D eigenvalue weighted by Gasteiger charge is -2.15. The summed E-state index contributed by atoms with van der Waals surface area (Å²) in [5, 5.41) is 30.6. The maximum atomic E-state index is 13.5. The number of carbonyl (C=O) groups is 6. The minimum Gasteiger partial charge on any atom is -0.356 e. The summed E-state index contributed by atoms with van der Waals surface area (Å²) in [6.07, 6.45) is 2.30. The zero-order chi connectivity index (χ0) is 31.0. The summed E-state index contributed by atoms with van der Waals surface area (Å²) in [7, 11) is 0. The molecule has 0 spiro atoms. The SMILES string of the molecule is CC(=O)NCC(F)CCNC(=O)CCC(=O)NCCCCCN(O)C(=O)CCC(=O)NCCCCCN(O)C(C)=O. The van der Waals surface area contributed by atoms with Crippen molar-refractivity contribution in [3.8, 4) is 0 Å². The van der Waals surface area contributed by atoms with Gasteiger partial charge < -0.3 is 21.3 Å². The molecule has 41 heavy (non-hydrogen) atoms. The molecular formula is C26H47FN6O8. The third kappa shape index (κ3) is 23.1. The van der Waals surface area contributed by atoms with E-state index in [0.717, 1.165) is 0 Å². The van der Waals surface area contributed by atoms with Gasteiger partial charge >= 0.3 is 0 Å². The van der Waals surface area contributed by atoms with Gasteiger partial charge in [0.2, 0.25) is 35.4 Å². The van der Waals surface area contributed by atoms with E-state index >= 15 is 0 Å². The first kappa shape index (κ1) is 37.7. The Morgan fingerprint density at radius 3 is 1.59 bits per heavy atom. The van der Waals surface area contributed by atoms with Gasteiger partial charge in [0.1, 0.15) is 6.17 Å². The van der Waals surface area contributed by atoms with Crippen LogP contribution in [-0.2, 0) is 28.8 Å². The Hall–Kier alpha value is -3.33. The van der Waals surface area contributed by atoms with Crippen LogP contribution < -0.4 is 21.3 Å². The summed E-state index contributed by atoms with van der Waals surface area (Å²) in [5.41, 5.74) is 0. The van der Waals surface area contributed by atoms with E-state index in [1.54, 1.807) is 0 Å². The monoisotopic (exact) mass is 590 g/mol. The molecule has 0 aromatic heterocycles. The van der Waals surface area contributed by atoms with E-state index in [9.17, 15) is 43.6 Å². The van der Waals surface area contributed by atoms with Gasteiger partial charge in [0.15, 0.2) is 0 Å². The Labute approximate surface area is 240 Å². The summed E-state index contributed by atoms with van der Waals surface area (Å²) in [5.74, 6) is -2.28. The van der Waals surface area contributed by atoms with Crippen LogP contribution >= 0.6 is 0 Å². The first-order valence-electron chi connectivity index (χ1n) is 14.1. The minimum atomic E-state index is -1.26. The molecule has 0 saturated heterocycles. The van der Waals surface area contributed by atoms with Crippen molar-refractivity contribution in [2.24, 2.45) is 0 Å². The topological polar surface area (TPSA) is 197 Å². The fraction of sp³-hybridized carbons (Fsp3) is 0.769. The number of rotatable bonds is 23. The maximum Gasteiger partial charge on any atom is 0.246 e. The Morgan fingerprint density at radius 2 is 1.10 bits per heavy atom. The lowest BCUT2D eigenvalue weighted by molar-refractivity contribution is -0.166. The zero-order valence-electron chi connectivity index (χ0n) is 24.2. The van der Waals surface area contributed by atoms with Crippen LogP contribution in [0.2, 0.25) is 0 Å². The molecule has 0 radical (unpaired) electrons. The predicted octanol–water partition coefficient (Wildman–Crippen LogP) is 0.556. The molecule has 0 aromatic carbocycles. The van der Waals surface area contributed by atoms with E-state index in [1.165, 1.54) is 13.8 Å². The highest BCUT2D eigenvalue weighted by Crippen LogP contribution is 2.02. The van der Waals surface area contributed by atoms with E-state index < -0.39 is 18.0 Å². The molecule has 0 fully saturated rings. The summed E-state index contributed by atoms with van der Waals surface area (Å²) in [6.45, 7) is 3.67. The number of carbonyl (C=O) groups excluding carboxylic acids is 6. The Morgan fingerprint density at radius 1 is 0.634 bits per heavy atom. The van der Waals surface area contributed by atoms with Gasteiger partial charge in [-0.2, -0.15) is 0 Å². The molecule has 0 aliphatic carbocycles. The van der Waals surface area contributed by atoms with E-state index in [-0.39, 0.29) is 81.9 Å². The molecule has 1 atom stereocenters. The number of hydrogen-bond donors (Lipinski definition) is 6. The van der Waals surface area contributed by atoms with Crippen molar-refractivity contribution in [2.75, 3.05) is 39.3 Å². The summed E-state index contributed by atoms with van der Waals surface area (Å²) in [4.78, 5) is 69.1. The van der Waals surface area contributed by atoms with Crippen molar-refractivity contribution in [3.63, 3.8) is 0 Å². The summed E-state index contributed by atoms with van der Waals surface area (Å²) >= 11 is 0. The highest BCUT2D eigenvalue weighted by atomic mass is 19.1. The Kier molecular flexibility index (Phi) is 21.5. The smallest absolute Gasteiger partial charge is 0.246 e. The lowest BCUT2D eigenvalue weighted by Crippen LogP contribution is -2.32. The number of hydrogen-bond acceptors (Lipinski definition) is 8. The number of amides is 6. The Bertz CT molecular complexity index is 832. The molecule has 0 rings (SSSR count). The standard InChI is InChI=1S/C26H47FN6O8/c1-20(34)31-19-22(27)13-16-30-24(37)10-9-23(36)28-14-6-4-8-18-33(41)26(39)12-11-25(38)29-15-5-3-7-17-32(40)21(2)35/h22,40-41H,3-19H2,1-2H3,(H,28,36)(H,29,38)(H,30,37)(H,31,34). The molecule has 1 unspecified atom stereocenters. The minimum absolute atomic E-state index is 0.00709. The molecule has 6 N–H and O–H groups in total. The molecule has 0 heterocycles. The van der Waals surface area contributed by atoms with Gasteiger partial charge in [0, 0.05) is 78.8 Å². The number of unbranched alkanes of at least 4 members (excludes halogenated alkanes) is 4. The number of nitrogens with one attached hydrogen (secondary N) is 4. The van der Waals surface area contributed by atoms with Gasteiger partial charge in [0.05, 0.1) is 0 Å². The average Bonchev–Trinajstić information content (AvgIpc) is 2.92. The number of nitrogens with zero attached hydrogens (tertiary/aromatic N) is 2. The van der Waals surface area contributed by atoms with Gasteiger partial charge in [-0.15, -0.1) is 0 Å². The number of halogens is 1. The van der Waals surface area contributed by atoms with Crippen LogP contribution in [0.25, 0.3) is 0 Å². The second-order valence-electron chi connectivity index (χ2n) is 9.65. The first-order valence-corrected chi connectivity index (χ1v) is 14.1. The van der Waals surface area contributed by atoms with Gasteiger partial charge in [-0.1, -0.05) is 0 Å². The van der Waals surface area contributed by atoms with Gasteiger partial charge in [0.25, 0.3) is 0 Å². The molecule has 0 bridgehead atoms. The van der Waals surface area contributed by atoms with E-state index in [1.807, 2.05) is 0 Å². The Balaban J connectivity index is 3.73. The van der Waals surface area contributed by atoms with Crippen molar-refractivity contribution in [1.29, 1.82) is 0 Å². The van der Waals surface area contributed by atoms with Gasteiger partial charge in [-0.05, 0) is 44.9 Å². The summed E-state index contributed by atoms with van der Waals surface area (Å²) < 4.78 is 13.5. The fourth-order valence-corrected chi connectivity index (χ4v) is 3.43. The fourth-order valence-electron chi connectivity index (χ4n) is 3.43. The van der Waals surface area contributed by atoms with Crippen LogP contribution in [0.3, 0.4) is 0 Å². The summed E-state index contributed by atoms with van der Waals surface area (Å²) in [6, 6.07) is 0. The van der Waals surface area contributed by atoms with Crippen LogP contribution in [0.4, 0.5) is 4.39 Å². The molecule has 0 aliphatic rings. The first-order chi connectivity index (χ1) is 19.4. The third-order valence-corrected chi connectivity index (χ3v) is 5.89. The molecule has 6 amide bonds. The number of hydroxylamine groups is 4. The quantitative estimate of drug-likeness (QED) is 0.0563. The van der Waals surface area contributed by atoms with Crippen molar-refractivity contribution in [3.05, 3.63) is 0 Å². The van der Waals surface area contributed by atoms with Crippen LogP contribution in [-0.4, -0.2) is 101 Å². The van der Waals surface area contributed by atoms with E-state index in [0.29, 0.717) is 61.7 Å². The highest BCUT2D eigenvalue weighted by molar-refractivity contribution is 5.84. The molecule has 236 valence electrons. The lowest BCUT2D eigenvalue weighted by atomic mass is 10.2. The molecular weight excluding hydrogens is 543 g/mol. The maximum absolute atomic E-state index is 13.5. The van der Waals surface area contributed by atoms with Crippen molar-refractivity contribution < 1.29 is 43.6 Å². The third-order valence-electron chi connectivity index (χ3n) is 5.89. The molecule has 0 saturated carbocycles. The van der Waals surface area contributed by atoms with Crippen LogP contribution in [0, 0.1) is 0 Å². The van der Waals surface area contributed by atoms with Gasteiger partial charge in [-0.3, -0.25) is 39.2 Å². The van der Waals surface area contributed by atoms with E-state index in [4.69, 9.17) is 0 Å². The van der Waals surface area contributed by atoms with Gasteiger partial charge in [-0.25, -0.2) is 14.5 Å². The highest BCUT2D eigenvalue weighted by Gasteiger charge is 2.13. The number of alkyl halides is 1. The molecule has 0 aromatic rings. The normalized spacial score (nSPS) is 11.2. The molecule has 0 aliphatic heterocycles. The molecule has 15 heteroatoms. The van der Waals surface area contributed by atoms with Crippen molar-refractivity contribution in [2.45, 2.75) is 90.6 Å². The van der Waals surface area contributed by atoms with Crippen LogP contribution in [0.15, 0.2) is 0 Å². The average molecular weight is 591 g/mol. The zero-order valence-corrected chi connectivity index (χ0v) is 24.2. The largest absolute Gasteiger partial charge is 0.356 e. The van der Waals surface area contributed by atoms with Crippen LogP contribution in [0.5, 0.6) is 0 Å². The molecule has 14 nitrogen and oxygen atoms in total. The van der Waals surface area contributed by atoms with E-state index in [2.05, 4.69) is 21.3 Å². The second kappa shape index (κ2) is 23.4. The van der Waals surface area contributed by atoms with Crippen molar-refractivity contribution >= 4 is 35.4 Å².